The average molecular weight is 426 g/mol. The largest absolute Gasteiger partial charge is 0.368 e. The van der Waals surface area contributed by atoms with Crippen LogP contribution in [0.25, 0.3) is 0 Å². The summed E-state index contributed by atoms with van der Waals surface area (Å²) < 4.78 is 7.86. The van der Waals surface area contributed by atoms with Gasteiger partial charge in [0.2, 0.25) is 5.91 Å². The Labute approximate surface area is 183 Å². The lowest BCUT2D eigenvalue weighted by Gasteiger charge is -2.34. The molecule has 1 aliphatic carbocycles. The second-order valence-corrected chi connectivity index (χ2v) is 8.57. The molecule has 0 bridgehead atoms. The number of carbonyl (C=O) groups excluding carboxylic acids is 2. The van der Waals surface area contributed by atoms with E-state index in [-0.39, 0.29) is 30.5 Å². The highest BCUT2D eigenvalue weighted by molar-refractivity contribution is 5.95. The molecule has 0 spiro atoms. The molecule has 1 saturated carbocycles. The molecule has 1 saturated heterocycles. The Morgan fingerprint density at radius 2 is 2.00 bits per heavy atom. The third-order valence-corrected chi connectivity index (χ3v) is 6.30. The topological polar surface area (TPSA) is 80.6 Å². The van der Waals surface area contributed by atoms with Gasteiger partial charge in [-0.1, -0.05) is 25.3 Å². The summed E-state index contributed by atoms with van der Waals surface area (Å²) in [5, 5.41) is 4.32. The Morgan fingerprint density at radius 3 is 2.68 bits per heavy atom. The lowest BCUT2D eigenvalue weighted by atomic mass is 9.94. The number of nitrogens with zero attached hydrogens (tertiary/aromatic N) is 5. The van der Waals surface area contributed by atoms with Gasteiger partial charge in [0.25, 0.3) is 5.91 Å². The number of pyridine rings is 1. The van der Waals surface area contributed by atoms with Gasteiger partial charge in [-0.25, -0.2) is 0 Å². The highest BCUT2D eigenvalue weighted by atomic mass is 16.5. The quantitative estimate of drug-likeness (QED) is 0.735. The van der Waals surface area contributed by atoms with Crippen molar-refractivity contribution in [1.29, 1.82) is 0 Å². The smallest absolute Gasteiger partial charge is 0.274 e. The molecule has 2 aliphatic rings. The molecule has 8 nitrogen and oxygen atoms in total. The number of hydrogen-bond acceptors (Lipinski definition) is 5. The maximum absolute atomic E-state index is 13.2. The summed E-state index contributed by atoms with van der Waals surface area (Å²) in [7, 11) is 1.81. The van der Waals surface area contributed by atoms with Gasteiger partial charge >= 0.3 is 0 Å². The molecule has 0 aromatic carbocycles. The van der Waals surface area contributed by atoms with E-state index in [4.69, 9.17) is 4.74 Å². The molecule has 0 radical (unpaired) electrons. The molecule has 2 fully saturated rings. The van der Waals surface area contributed by atoms with E-state index in [1.807, 2.05) is 37.1 Å². The first-order chi connectivity index (χ1) is 15.0. The monoisotopic (exact) mass is 425 g/mol. The first-order valence-electron chi connectivity index (χ1n) is 11.1. The van der Waals surface area contributed by atoms with Gasteiger partial charge in [-0.2, -0.15) is 5.10 Å². The summed E-state index contributed by atoms with van der Waals surface area (Å²) in [5.74, 6) is -0.231. The van der Waals surface area contributed by atoms with E-state index in [9.17, 15) is 9.59 Å². The Balaban J connectivity index is 1.53. The minimum absolute atomic E-state index is 0.00293. The number of aromatic nitrogens is 3. The molecule has 31 heavy (non-hydrogen) atoms. The predicted molar refractivity (Wildman–Crippen MR) is 115 cm³/mol. The SMILES string of the molecule is Cc1cc(C(=O)N2CC(=O)N(C3CCCCC3)C[C@@H](OCc3ccccn3)C2)nn1C. The standard InChI is InChI=1S/C23H31N5O3/c1-17-12-21(25-26(17)2)23(30)27-13-20(31-16-18-8-6-7-11-24-18)14-28(22(29)15-27)19-9-4-3-5-10-19/h6-8,11-12,19-20H,3-5,9-10,13-16H2,1-2H3/t20-/m0/s1. The summed E-state index contributed by atoms with van der Waals surface area (Å²) in [6.07, 6.45) is 7.01. The molecule has 1 atom stereocenters. The van der Waals surface area contributed by atoms with Crippen molar-refractivity contribution in [2.75, 3.05) is 19.6 Å². The number of aryl methyl sites for hydroxylation is 2. The number of ether oxygens (including phenoxy) is 1. The Bertz CT molecular complexity index is 888. The van der Waals surface area contributed by atoms with Crippen molar-refractivity contribution in [2.24, 2.45) is 7.05 Å². The second-order valence-electron chi connectivity index (χ2n) is 8.57. The summed E-state index contributed by atoms with van der Waals surface area (Å²) in [4.78, 5) is 34.2. The van der Waals surface area contributed by atoms with E-state index in [1.54, 1.807) is 21.8 Å². The first-order valence-corrected chi connectivity index (χ1v) is 11.1. The molecule has 0 unspecified atom stereocenters. The van der Waals surface area contributed by atoms with Gasteiger partial charge in [0.05, 0.1) is 18.4 Å². The van der Waals surface area contributed by atoms with Crippen LogP contribution in [0, 0.1) is 6.92 Å². The molecule has 3 heterocycles. The third-order valence-electron chi connectivity index (χ3n) is 6.30. The van der Waals surface area contributed by atoms with Crippen molar-refractivity contribution in [3.8, 4) is 0 Å². The van der Waals surface area contributed by atoms with E-state index < -0.39 is 0 Å². The fourth-order valence-corrected chi connectivity index (χ4v) is 4.46. The van der Waals surface area contributed by atoms with Gasteiger partial charge in [0.15, 0.2) is 5.69 Å². The van der Waals surface area contributed by atoms with E-state index in [1.165, 1.54) is 6.42 Å². The van der Waals surface area contributed by atoms with Crippen LogP contribution in [0.5, 0.6) is 0 Å². The first kappa shape index (κ1) is 21.5. The summed E-state index contributed by atoms with van der Waals surface area (Å²) in [6, 6.07) is 7.71. The molecule has 8 heteroatoms. The average Bonchev–Trinajstić information content (AvgIpc) is 3.03. The summed E-state index contributed by atoms with van der Waals surface area (Å²) in [6.45, 7) is 3.18. The minimum Gasteiger partial charge on any atom is -0.368 e. The lowest BCUT2D eigenvalue weighted by molar-refractivity contribution is -0.134. The van der Waals surface area contributed by atoms with Crippen molar-refractivity contribution in [2.45, 2.75) is 57.8 Å². The normalized spacial score (nSPS) is 20.7. The summed E-state index contributed by atoms with van der Waals surface area (Å²) >= 11 is 0. The van der Waals surface area contributed by atoms with Crippen molar-refractivity contribution in [1.82, 2.24) is 24.6 Å². The number of amides is 2. The molecular weight excluding hydrogens is 394 g/mol. The lowest BCUT2D eigenvalue weighted by Crippen LogP contribution is -2.46. The van der Waals surface area contributed by atoms with Crippen LogP contribution in [0.4, 0.5) is 0 Å². The molecule has 2 aromatic rings. The van der Waals surface area contributed by atoms with Crippen LogP contribution in [-0.2, 0) is 23.2 Å². The van der Waals surface area contributed by atoms with Crippen molar-refractivity contribution in [3.05, 3.63) is 47.5 Å². The fourth-order valence-electron chi connectivity index (χ4n) is 4.46. The molecule has 166 valence electrons. The fraction of sp³-hybridized carbons (Fsp3) is 0.565. The van der Waals surface area contributed by atoms with E-state index in [0.717, 1.165) is 37.1 Å². The Morgan fingerprint density at radius 1 is 1.19 bits per heavy atom. The second kappa shape index (κ2) is 9.60. The van der Waals surface area contributed by atoms with Gasteiger partial charge in [-0.15, -0.1) is 0 Å². The maximum atomic E-state index is 13.2. The molecule has 0 N–H and O–H groups in total. The zero-order valence-electron chi connectivity index (χ0n) is 18.4. The van der Waals surface area contributed by atoms with E-state index in [2.05, 4.69) is 10.1 Å². The highest BCUT2D eigenvalue weighted by Gasteiger charge is 2.35. The molecule has 2 aromatic heterocycles. The number of rotatable bonds is 5. The zero-order chi connectivity index (χ0) is 21.8. The highest BCUT2D eigenvalue weighted by Crippen LogP contribution is 2.25. The van der Waals surface area contributed by atoms with Crippen molar-refractivity contribution in [3.63, 3.8) is 0 Å². The summed E-state index contributed by atoms with van der Waals surface area (Å²) in [5.41, 5.74) is 2.10. The predicted octanol–water partition coefficient (Wildman–Crippen LogP) is 2.33. The van der Waals surface area contributed by atoms with E-state index in [0.29, 0.717) is 25.4 Å². The zero-order valence-corrected chi connectivity index (χ0v) is 18.4. The number of hydrogen-bond donors (Lipinski definition) is 0. The molecule has 4 rings (SSSR count). The van der Waals surface area contributed by atoms with Crippen molar-refractivity contribution < 1.29 is 14.3 Å². The van der Waals surface area contributed by atoms with Gasteiger partial charge in [-0.05, 0) is 38.0 Å². The van der Waals surface area contributed by atoms with Crippen LogP contribution in [0.1, 0.15) is 54.0 Å². The maximum Gasteiger partial charge on any atom is 0.274 e. The van der Waals surface area contributed by atoms with Gasteiger partial charge in [-0.3, -0.25) is 19.3 Å². The van der Waals surface area contributed by atoms with Crippen LogP contribution < -0.4 is 0 Å². The third kappa shape index (κ3) is 5.12. The van der Waals surface area contributed by atoms with Crippen LogP contribution in [0.3, 0.4) is 0 Å². The Kier molecular flexibility index (Phi) is 6.65. The van der Waals surface area contributed by atoms with Crippen LogP contribution in [0.2, 0.25) is 0 Å². The van der Waals surface area contributed by atoms with Crippen LogP contribution in [-0.4, -0.2) is 68.2 Å². The van der Waals surface area contributed by atoms with E-state index >= 15 is 0 Å². The minimum atomic E-state index is -0.274. The van der Waals surface area contributed by atoms with Gasteiger partial charge < -0.3 is 14.5 Å². The van der Waals surface area contributed by atoms with Crippen LogP contribution in [0.15, 0.2) is 30.5 Å². The van der Waals surface area contributed by atoms with Crippen LogP contribution >= 0.6 is 0 Å². The molecule has 2 amide bonds. The van der Waals surface area contributed by atoms with Gasteiger partial charge in [0, 0.05) is 38.1 Å². The molecule has 1 aliphatic heterocycles. The molecular formula is C23H31N5O3. The number of carbonyl (C=O) groups is 2. The Hall–Kier alpha value is -2.74. The van der Waals surface area contributed by atoms with Gasteiger partial charge in [0.1, 0.15) is 6.54 Å². The van der Waals surface area contributed by atoms with Crippen molar-refractivity contribution >= 4 is 11.8 Å².